The van der Waals surface area contributed by atoms with Crippen LogP contribution in [-0.4, -0.2) is 32.3 Å². The molecule has 8 nitrogen and oxygen atoms in total. The second kappa shape index (κ2) is 6.05. The van der Waals surface area contributed by atoms with Crippen LogP contribution in [0.2, 0.25) is 0 Å². The average molecular weight is 355 g/mol. The molecule has 0 radical (unpaired) electrons. The molecule has 0 aliphatic carbocycles. The van der Waals surface area contributed by atoms with Crippen LogP contribution in [0.25, 0.3) is 11.2 Å². The van der Waals surface area contributed by atoms with E-state index in [0.717, 1.165) is 17.9 Å². The van der Waals surface area contributed by atoms with E-state index >= 15 is 0 Å². The molecule has 1 aliphatic rings. The number of fused-ring (bicyclic) bond motifs is 3. The van der Waals surface area contributed by atoms with E-state index < -0.39 is 0 Å². The fourth-order valence-corrected chi connectivity index (χ4v) is 3.52. The molecule has 0 N–H and O–H groups in total. The molecule has 0 fully saturated rings. The van der Waals surface area contributed by atoms with Gasteiger partial charge in [0.2, 0.25) is 5.95 Å². The molecule has 8 heteroatoms. The molecule has 1 aromatic carbocycles. The van der Waals surface area contributed by atoms with Crippen molar-refractivity contribution in [1.82, 2.24) is 18.7 Å². The van der Waals surface area contributed by atoms with Crippen LogP contribution in [0.5, 0.6) is 5.75 Å². The summed E-state index contributed by atoms with van der Waals surface area (Å²) >= 11 is 0. The number of imidazole rings is 1. The van der Waals surface area contributed by atoms with Crippen LogP contribution in [0.3, 0.4) is 0 Å². The molecule has 0 bridgehead atoms. The molecule has 3 aromatic rings. The fourth-order valence-electron chi connectivity index (χ4n) is 3.52. The number of hydrogen-bond acceptors (Lipinski definition) is 5. The number of ether oxygens (including phenoxy) is 1. The zero-order valence-corrected chi connectivity index (χ0v) is 15.1. The molecule has 0 amide bonds. The van der Waals surface area contributed by atoms with Crippen LogP contribution < -0.4 is 20.9 Å². The minimum absolute atomic E-state index is 0.267. The normalized spacial score (nSPS) is 13.4. The van der Waals surface area contributed by atoms with Crippen LogP contribution >= 0.6 is 0 Å². The summed E-state index contributed by atoms with van der Waals surface area (Å²) in [7, 11) is 3.29. The number of aryl methyl sites for hydroxylation is 1. The van der Waals surface area contributed by atoms with E-state index in [0.29, 0.717) is 36.7 Å². The summed E-state index contributed by atoms with van der Waals surface area (Å²) in [5, 5.41) is 0. The van der Waals surface area contributed by atoms with Gasteiger partial charge in [0.05, 0.1) is 7.11 Å². The molecular formula is C18H21N5O3. The zero-order valence-electron chi connectivity index (χ0n) is 15.1. The third-order valence-electron chi connectivity index (χ3n) is 4.81. The van der Waals surface area contributed by atoms with Gasteiger partial charge in [-0.15, -0.1) is 0 Å². The molecule has 1 aliphatic heterocycles. The van der Waals surface area contributed by atoms with Gasteiger partial charge in [-0.1, -0.05) is 13.0 Å². The van der Waals surface area contributed by atoms with Crippen LogP contribution in [0, 0.1) is 0 Å². The fraction of sp³-hybridized carbons (Fsp3) is 0.389. The topological polar surface area (TPSA) is 74.3 Å². The van der Waals surface area contributed by atoms with Gasteiger partial charge in [0.1, 0.15) is 5.75 Å². The number of rotatable bonds is 4. The highest BCUT2D eigenvalue weighted by Gasteiger charge is 2.28. The number of methoxy groups -OCH3 is 1. The van der Waals surface area contributed by atoms with E-state index in [1.807, 2.05) is 40.7 Å². The van der Waals surface area contributed by atoms with Crippen molar-refractivity contribution < 1.29 is 4.74 Å². The molecule has 136 valence electrons. The Morgan fingerprint density at radius 2 is 2.04 bits per heavy atom. The summed E-state index contributed by atoms with van der Waals surface area (Å²) in [4.78, 5) is 32.1. The highest BCUT2D eigenvalue weighted by Crippen LogP contribution is 2.33. The van der Waals surface area contributed by atoms with Crippen molar-refractivity contribution in [2.24, 2.45) is 7.05 Å². The van der Waals surface area contributed by atoms with Crippen LogP contribution in [-0.2, 0) is 20.1 Å². The Labute approximate surface area is 149 Å². The van der Waals surface area contributed by atoms with E-state index in [2.05, 4.69) is 4.98 Å². The summed E-state index contributed by atoms with van der Waals surface area (Å²) in [5.74, 6) is 1.43. The third kappa shape index (κ3) is 2.25. The van der Waals surface area contributed by atoms with Gasteiger partial charge < -0.3 is 14.2 Å². The number of hydrogen-bond donors (Lipinski definition) is 0. The molecule has 0 spiro atoms. The van der Waals surface area contributed by atoms with E-state index in [1.165, 1.54) is 9.13 Å². The van der Waals surface area contributed by atoms with Gasteiger partial charge in [-0.05, 0) is 18.6 Å². The van der Waals surface area contributed by atoms with Gasteiger partial charge in [-0.3, -0.25) is 13.9 Å². The molecule has 0 saturated carbocycles. The van der Waals surface area contributed by atoms with E-state index in [1.54, 1.807) is 14.2 Å². The molecule has 2 aromatic heterocycles. The largest absolute Gasteiger partial charge is 0.497 e. The van der Waals surface area contributed by atoms with Crippen molar-refractivity contribution >= 4 is 22.8 Å². The maximum atomic E-state index is 12.9. The number of nitrogens with zero attached hydrogens (tertiary/aromatic N) is 5. The van der Waals surface area contributed by atoms with Crippen molar-refractivity contribution in [3.63, 3.8) is 0 Å². The van der Waals surface area contributed by atoms with Gasteiger partial charge in [0, 0.05) is 38.4 Å². The maximum Gasteiger partial charge on any atom is 0.332 e. The summed E-state index contributed by atoms with van der Waals surface area (Å²) in [6.07, 6.45) is 0.720. The first-order valence-electron chi connectivity index (χ1n) is 8.68. The Morgan fingerprint density at radius 3 is 2.77 bits per heavy atom. The van der Waals surface area contributed by atoms with Gasteiger partial charge in [-0.2, -0.15) is 4.98 Å². The summed E-state index contributed by atoms with van der Waals surface area (Å²) in [6.45, 7) is 3.70. The lowest BCUT2D eigenvalue weighted by atomic mass is 10.3. The van der Waals surface area contributed by atoms with E-state index in [-0.39, 0.29) is 11.2 Å². The second-order valence-corrected chi connectivity index (χ2v) is 6.39. The van der Waals surface area contributed by atoms with Crippen molar-refractivity contribution in [3.05, 3.63) is 45.1 Å². The lowest BCUT2D eigenvalue weighted by Gasteiger charge is -2.16. The number of benzene rings is 1. The van der Waals surface area contributed by atoms with Crippen molar-refractivity contribution in [3.8, 4) is 5.75 Å². The Morgan fingerprint density at radius 1 is 1.23 bits per heavy atom. The molecule has 3 heterocycles. The SMILES string of the molecule is CCCn1c(=O)c2c(nc3n2CCN3c2cccc(OC)c2)n(C)c1=O. The maximum absolute atomic E-state index is 12.9. The molecule has 0 unspecified atom stereocenters. The molecule has 4 rings (SSSR count). The standard InChI is InChI=1S/C18H21N5O3/c1-4-8-23-16(24)14-15(20(2)18(23)25)19-17-21(9-10-22(14)17)12-6-5-7-13(11-12)26-3/h5-7,11H,4,8-10H2,1-3H3. The Bertz CT molecular complexity index is 1110. The van der Waals surface area contributed by atoms with Crippen LogP contribution in [0.4, 0.5) is 11.6 Å². The lowest BCUT2D eigenvalue weighted by molar-refractivity contribution is 0.415. The van der Waals surface area contributed by atoms with Gasteiger partial charge >= 0.3 is 5.69 Å². The van der Waals surface area contributed by atoms with Gasteiger partial charge in [0.15, 0.2) is 11.2 Å². The Balaban J connectivity index is 1.93. The van der Waals surface area contributed by atoms with Crippen molar-refractivity contribution in [2.45, 2.75) is 26.4 Å². The van der Waals surface area contributed by atoms with Crippen LogP contribution in [0.15, 0.2) is 33.9 Å². The predicted molar refractivity (Wildman–Crippen MR) is 99.5 cm³/mol. The predicted octanol–water partition coefficient (Wildman–Crippen LogP) is 1.47. The lowest BCUT2D eigenvalue weighted by Crippen LogP contribution is -2.39. The third-order valence-corrected chi connectivity index (χ3v) is 4.81. The van der Waals surface area contributed by atoms with E-state index in [4.69, 9.17) is 4.74 Å². The monoisotopic (exact) mass is 355 g/mol. The first kappa shape index (κ1) is 16.4. The van der Waals surface area contributed by atoms with Gasteiger partial charge in [-0.25, -0.2) is 4.79 Å². The first-order chi connectivity index (χ1) is 12.6. The molecule has 0 atom stereocenters. The van der Waals surface area contributed by atoms with Crippen molar-refractivity contribution in [2.75, 3.05) is 18.6 Å². The highest BCUT2D eigenvalue weighted by molar-refractivity contribution is 5.77. The zero-order chi connectivity index (χ0) is 18.4. The van der Waals surface area contributed by atoms with Crippen molar-refractivity contribution in [1.29, 1.82) is 0 Å². The number of aromatic nitrogens is 4. The minimum Gasteiger partial charge on any atom is -0.497 e. The van der Waals surface area contributed by atoms with Crippen LogP contribution in [0.1, 0.15) is 13.3 Å². The smallest absolute Gasteiger partial charge is 0.332 e. The Hall–Kier alpha value is -3.03. The molecular weight excluding hydrogens is 334 g/mol. The summed E-state index contributed by atoms with van der Waals surface area (Å²) < 4.78 is 9.97. The molecule has 26 heavy (non-hydrogen) atoms. The average Bonchev–Trinajstić information content (AvgIpc) is 3.22. The van der Waals surface area contributed by atoms with Gasteiger partial charge in [0.25, 0.3) is 5.56 Å². The van der Waals surface area contributed by atoms with E-state index in [9.17, 15) is 9.59 Å². The quantitative estimate of drug-likeness (QED) is 0.708. The Kier molecular flexibility index (Phi) is 3.82. The minimum atomic E-state index is -0.325. The first-order valence-corrected chi connectivity index (χ1v) is 8.68. The number of anilines is 2. The second-order valence-electron chi connectivity index (χ2n) is 6.39. The molecule has 0 saturated heterocycles. The highest BCUT2D eigenvalue weighted by atomic mass is 16.5. The summed E-state index contributed by atoms with van der Waals surface area (Å²) in [5.41, 5.74) is 1.26. The summed E-state index contributed by atoms with van der Waals surface area (Å²) in [6, 6.07) is 7.72.